The number of nitrogens with one attached hydrogen (secondary N) is 1. The molecule has 2 aromatic carbocycles. The van der Waals surface area contributed by atoms with Crippen molar-refractivity contribution in [1.82, 2.24) is 0 Å². The summed E-state index contributed by atoms with van der Waals surface area (Å²) in [7, 11) is 0. The lowest BCUT2D eigenvalue weighted by atomic mass is 9.98. The monoisotopic (exact) mass is 434 g/mol. The van der Waals surface area contributed by atoms with Crippen LogP contribution in [0.3, 0.4) is 0 Å². The molecule has 3 aromatic rings. The highest BCUT2D eigenvalue weighted by Crippen LogP contribution is 2.37. The Morgan fingerprint density at radius 3 is 2.59 bits per heavy atom. The number of benzene rings is 2. The smallest absolute Gasteiger partial charge is 0.248 e. The van der Waals surface area contributed by atoms with Crippen molar-refractivity contribution in [2.75, 3.05) is 43.1 Å². The highest BCUT2D eigenvalue weighted by molar-refractivity contribution is 6.05. The maximum atomic E-state index is 12.7. The van der Waals surface area contributed by atoms with E-state index in [-0.39, 0.29) is 5.91 Å². The maximum absolute atomic E-state index is 12.7. The van der Waals surface area contributed by atoms with Gasteiger partial charge in [-0.25, -0.2) is 0 Å². The van der Waals surface area contributed by atoms with Gasteiger partial charge in [0.15, 0.2) is 0 Å². The van der Waals surface area contributed by atoms with Crippen LogP contribution in [0.4, 0.5) is 11.4 Å². The Bertz CT molecular complexity index is 1140. The summed E-state index contributed by atoms with van der Waals surface area (Å²) in [6.07, 6.45) is 3.37. The Morgan fingerprint density at radius 2 is 1.91 bits per heavy atom. The number of fused-ring (bicyclic) bond motifs is 1. The van der Waals surface area contributed by atoms with Gasteiger partial charge in [0.25, 0.3) is 0 Å². The normalized spacial score (nSPS) is 14.6. The molecule has 32 heavy (non-hydrogen) atoms. The van der Waals surface area contributed by atoms with Gasteiger partial charge in [-0.1, -0.05) is 0 Å². The first-order valence-electron chi connectivity index (χ1n) is 11.0. The van der Waals surface area contributed by atoms with Gasteiger partial charge in [-0.3, -0.25) is 4.79 Å². The fourth-order valence-corrected chi connectivity index (χ4v) is 4.09. The van der Waals surface area contributed by atoms with E-state index in [1.54, 1.807) is 12.3 Å². The molecule has 6 nitrogen and oxygen atoms in total. The SMILES string of the molecule is CCOc1c(/C(C)=C/C(=O)Nc2ccc(N3CCOCC3)cc2)cc2c(C)coc2c1C. The van der Waals surface area contributed by atoms with Gasteiger partial charge in [-0.15, -0.1) is 0 Å². The van der Waals surface area contributed by atoms with E-state index < -0.39 is 0 Å². The van der Waals surface area contributed by atoms with Crippen molar-refractivity contribution >= 4 is 33.8 Å². The van der Waals surface area contributed by atoms with Gasteiger partial charge < -0.3 is 24.1 Å². The van der Waals surface area contributed by atoms with Crippen molar-refractivity contribution in [2.24, 2.45) is 0 Å². The summed E-state index contributed by atoms with van der Waals surface area (Å²) in [6, 6.07) is 9.97. The lowest BCUT2D eigenvalue weighted by Gasteiger charge is -2.28. The number of carbonyl (C=O) groups is 1. The first kappa shape index (κ1) is 22.0. The summed E-state index contributed by atoms with van der Waals surface area (Å²) in [6.45, 7) is 11.7. The van der Waals surface area contributed by atoms with E-state index in [0.717, 1.165) is 76.7 Å². The Hall–Kier alpha value is -3.25. The molecular weight excluding hydrogens is 404 g/mol. The number of nitrogens with zero attached hydrogens (tertiary/aromatic N) is 1. The van der Waals surface area contributed by atoms with Crippen molar-refractivity contribution < 1.29 is 18.7 Å². The molecule has 0 saturated carbocycles. The van der Waals surface area contributed by atoms with Crippen LogP contribution >= 0.6 is 0 Å². The minimum Gasteiger partial charge on any atom is -0.493 e. The van der Waals surface area contributed by atoms with Crippen LogP contribution in [0.1, 0.15) is 30.5 Å². The van der Waals surface area contributed by atoms with Crippen LogP contribution < -0.4 is 15.0 Å². The lowest BCUT2D eigenvalue weighted by molar-refractivity contribution is -0.111. The Kier molecular flexibility index (Phi) is 6.51. The zero-order chi connectivity index (χ0) is 22.7. The van der Waals surface area contributed by atoms with E-state index in [1.165, 1.54) is 0 Å². The van der Waals surface area contributed by atoms with Crippen molar-refractivity contribution in [2.45, 2.75) is 27.7 Å². The maximum Gasteiger partial charge on any atom is 0.248 e. The average Bonchev–Trinajstić information content (AvgIpc) is 3.17. The van der Waals surface area contributed by atoms with Gasteiger partial charge in [0, 0.05) is 47.1 Å². The zero-order valence-corrected chi connectivity index (χ0v) is 19.2. The molecule has 1 fully saturated rings. The standard InChI is InChI=1S/C26H30N2O4/c1-5-31-25-19(4)26-23(18(3)16-32-26)15-22(25)17(2)14-24(29)27-20-6-8-21(9-7-20)28-10-12-30-13-11-28/h6-9,14-16H,5,10-13H2,1-4H3,(H,27,29)/b17-14+. The van der Waals surface area contributed by atoms with Crippen LogP contribution in [-0.4, -0.2) is 38.8 Å². The predicted molar refractivity (Wildman–Crippen MR) is 129 cm³/mol. The third kappa shape index (κ3) is 4.50. The molecule has 1 amide bonds. The number of morpholine rings is 1. The molecule has 0 aliphatic carbocycles. The number of hydrogen-bond acceptors (Lipinski definition) is 5. The largest absolute Gasteiger partial charge is 0.493 e. The molecule has 0 radical (unpaired) electrons. The van der Waals surface area contributed by atoms with Gasteiger partial charge in [0.1, 0.15) is 11.3 Å². The molecule has 0 bridgehead atoms. The van der Waals surface area contributed by atoms with Crippen molar-refractivity contribution in [1.29, 1.82) is 0 Å². The van der Waals surface area contributed by atoms with Gasteiger partial charge >= 0.3 is 0 Å². The second-order valence-electron chi connectivity index (χ2n) is 8.07. The molecule has 2 heterocycles. The second kappa shape index (κ2) is 9.49. The van der Waals surface area contributed by atoms with E-state index in [0.29, 0.717) is 6.61 Å². The molecule has 1 aliphatic heterocycles. The minimum atomic E-state index is -0.175. The molecule has 0 spiro atoms. The van der Waals surface area contributed by atoms with Crippen LogP contribution in [-0.2, 0) is 9.53 Å². The summed E-state index contributed by atoms with van der Waals surface area (Å²) in [5, 5.41) is 4.00. The van der Waals surface area contributed by atoms with E-state index in [1.807, 2.05) is 58.0 Å². The molecule has 6 heteroatoms. The lowest BCUT2D eigenvalue weighted by Crippen LogP contribution is -2.36. The van der Waals surface area contributed by atoms with E-state index in [2.05, 4.69) is 10.2 Å². The number of aryl methyl sites for hydroxylation is 2. The zero-order valence-electron chi connectivity index (χ0n) is 19.2. The average molecular weight is 435 g/mol. The number of rotatable bonds is 6. The minimum absolute atomic E-state index is 0.175. The first-order chi connectivity index (χ1) is 15.5. The van der Waals surface area contributed by atoms with Gasteiger partial charge in [-0.2, -0.15) is 0 Å². The number of hydrogen-bond donors (Lipinski definition) is 1. The van der Waals surface area contributed by atoms with Crippen molar-refractivity contribution in [3.8, 4) is 5.75 Å². The molecule has 0 atom stereocenters. The summed E-state index contributed by atoms with van der Waals surface area (Å²) >= 11 is 0. The van der Waals surface area contributed by atoms with Gasteiger partial charge in [0.05, 0.1) is 26.1 Å². The molecular formula is C26H30N2O4. The summed E-state index contributed by atoms with van der Waals surface area (Å²) in [5.41, 5.74) is 6.47. The number of furan rings is 1. The number of allylic oxidation sites excluding steroid dienone is 1. The summed E-state index contributed by atoms with van der Waals surface area (Å²) in [5.74, 6) is 0.580. The predicted octanol–water partition coefficient (Wildman–Crippen LogP) is 5.33. The molecule has 1 N–H and O–H groups in total. The van der Waals surface area contributed by atoms with Crippen LogP contribution in [0.2, 0.25) is 0 Å². The molecule has 168 valence electrons. The summed E-state index contributed by atoms with van der Waals surface area (Å²) < 4.78 is 17.1. The highest BCUT2D eigenvalue weighted by Gasteiger charge is 2.17. The topological polar surface area (TPSA) is 63.9 Å². The number of ether oxygens (including phenoxy) is 2. The molecule has 1 aliphatic rings. The van der Waals surface area contributed by atoms with Crippen LogP contribution in [0.25, 0.3) is 16.5 Å². The van der Waals surface area contributed by atoms with E-state index >= 15 is 0 Å². The Morgan fingerprint density at radius 1 is 1.19 bits per heavy atom. The number of carbonyl (C=O) groups excluding carboxylic acids is 1. The third-order valence-corrected chi connectivity index (χ3v) is 5.81. The third-order valence-electron chi connectivity index (χ3n) is 5.81. The molecule has 1 aromatic heterocycles. The second-order valence-corrected chi connectivity index (χ2v) is 8.07. The van der Waals surface area contributed by atoms with Gasteiger partial charge in [-0.05, 0) is 69.2 Å². The molecule has 4 rings (SSSR count). The van der Waals surface area contributed by atoms with Gasteiger partial charge in [0.2, 0.25) is 5.91 Å². The van der Waals surface area contributed by atoms with Crippen LogP contribution in [0.5, 0.6) is 5.75 Å². The Balaban J connectivity index is 1.54. The van der Waals surface area contributed by atoms with Crippen LogP contribution in [0.15, 0.2) is 47.1 Å². The Labute approximate surface area is 188 Å². The van der Waals surface area contributed by atoms with E-state index in [9.17, 15) is 4.79 Å². The first-order valence-corrected chi connectivity index (χ1v) is 11.0. The van der Waals surface area contributed by atoms with Crippen molar-refractivity contribution in [3.05, 3.63) is 59.4 Å². The molecule has 0 unspecified atom stereocenters. The number of amides is 1. The van der Waals surface area contributed by atoms with Crippen LogP contribution in [0, 0.1) is 13.8 Å². The fourth-order valence-electron chi connectivity index (χ4n) is 4.09. The molecule has 1 saturated heterocycles. The summed E-state index contributed by atoms with van der Waals surface area (Å²) in [4.78, 5) is 15.0. The van der Waals surface area contributed by atoms with Crippen molar-refractivity contribution in [3.63, 3.8) is 0 Å². The number of anilines is 2. The fraction of sp³-hybridized carbons (Fsp3) is 0.346. The van der Waals surface area contributed by atoms with E-state index in [4.69, 9.17) is 13.9 Å². The quantitative estimate of drug-likeness (QED) is 0.532. The highest BCUT2D eigenvalue weighted by atomic mass is 16.5.